The summed E-state index contributed by atoms with van der Waals surface area (Å²) in [7, 11) is 0. The number of carbonyl (C=O) groups excluding carboxylic acids is 1. The van der Waals surface area contributed by atoms with Gasteiger partial charge in [0.1, 0.15) is 5.92 Å². The summed E-state index contributed by atoms with van der Waals surface area (Å²) in [4.78, 5) is 12.0. The van der Waals surface area contributed by atoms with Crippen LogP contribution in [0.1, 0.15) is 42.9 Å². The molecule has 0 aromatic heterocycles. The summed E-state index contributed by atoms with van der Waals surface area (Å²) < 4.78 is 0. The van der Waals surface area contributed by atoms with E-state index in [2.05, 4.69) is 6.07 Å². The van der Waals surface area contributed by atoms with Crippen LogP contribution in [0.3, 0.4) is 0 Å². The maximum absolute atomic E-state index is 12.0. The van der Waals surface area contributed by atoms with Crippen LogP contribution in [0.5, 0.6) is 0 Å². The second-order valence-corrected chi connectivity index (χ2v) is 4.97. The Kier molecular flexibility index (Phi) is 4.45. The molecule has 1 aromatic rings. The van der Waals surface area contributed by atoms with E-state index in [1.165, 1.54) is 5.56 Å². The van der Waals surface area contributed by atoms with Crippen LogP contribution in [0.2, 0.25) is 0 Å². The Bertz CT molecular complexity index is 454. The fraction of sp³-hybridized carbons (Fsp3) is 0.467. The minimum Gasteiger partial charge on any atom is -0.298 e. The molecule has 0 spiro atoms. The van der Waals surface area contributed by atoms with Crippen molar-refractivity contribution in [2.24, 2.45) is 5.92 Å². The van der Waals surface area contributed by atoms with Gasteiger partial charge in [0.2, 0.25) is 0 Å². The van der Waals surface area contributed by atoms with Crippen LogP contribution >= 0.6 is 0 Å². The Hall–Kier alpha value is -1.62. The molecule has 0 aliphatic rings. The van der Waals surface area contributed by atoms with E-state index < -0.39 is 5.92 Å². The molecule has 0 N–H and O–H groups in total. The van der Waals surface area contributed by atoms with Crippen LogP contribution in [-0.2, 0) is 4.79 Å². The summed E-state index contributed by atoms with van der Waals surface area (Å²) in [5.74, 6) is -0.299. The Labute approximate surface area is 103 Å². The van der Waals surface area contributed by atoms with Crippen LogP contribution in [0, 0.1) is 31.1 Å². The third-order valence-corrected chi connectivity index (χ3v) is 2.92. The first kappa shape index (κ1) is 13.4. The van der Waals surface area contributed by atoms with Gasteiger partial charge < -0.3 is 0 Å². The zero-order valence-corrected chi connectivity index (χ0v) is 10.9. The molecule has 90 valence electrons. The fourth-order valence-electron chi connectivity index (χ4n) is 1.80. The van der Waals surface area contributed by atoms with E-state index >= 15 is 0 Å². The van der Waals surface area contributed by atoms with Gasteiger partial charge in [-0.1, -0.05) is 32.0 Å². The van der Waals surface area contributed by atoms with Crippen LogP contribution in [0.15, 0.2) is 18.2 Å². The summed E-state index contributed by atoms with van der Waals surface area (Å²) in [5.41, 5.74) is 3.13. The molecule has 2 heteroatoms. The van der Waals surface area contributed by atoms with Gasteiger partial charge in [-0.25, -0.2) is 0 Å². The number of Topliss-reactive ketones (excluding diaryl/α,β-unsaturated/α-hetero) is 1. The number of benzene rings is 1. The van der Waals surface area contributed by atoms with Gasteiger partial charge in [-0.05, 0) is 36.5 Å². The molecule has 1 atom stereocenters. The van der Waals surface area contributed by atoms with Crippen molar-refractivity contribution in [2.75, 3.05) is 0 Å². The van der Waals surface area contributed by atoms with Crippen molar-refractivity contribution in [3.05, 3.63) is 34.9 Å². The van der Waals surface area contributed by atoms with Crippen molar-refractivity contribution in [1.82, 2.24) is 0 Å². The molecule has 1 unspecified atom stereocenters. The average Bonchev–Trinajstić information content (AvgIpc) is 2.23. The molecular formula is C15H19NO. The highest BCUT2D eigenvalue weighted by atomic mass is 16.1. The van der Waals surface area contributed by atoms with E-state index in [-0.39, 0.29) is 5.78 Å². The molecular weight excluding hydrogens is 210 g/mol. The summed E-state index contributed by atoms with van der Waals surface area (Å²) in [6.07, 6.45) is 0.463. The molecule has 0 bridgehead atoms. The largest absolute Gasteiger partial charge is 0.298 e. The predicted octanol–water partition coefficient (Wildman–Crippen LogP) is 3.53. The van der Waals surface area contributed by atoms with Gasteiger partial charge in [0.05, 0.1) is 6.07 Å². The van der Waals surface area contributed by atoms with Gasteiger partial charge >= 0.3 is 0 Å². The zero-order valence-electron chi connectivity index (χ0n) is 10.9. The summed E-state index contributed by atoms with van der Waals surface area (Å²) in [5, 5.41) is 9.15. The second-order valence-electron chi connectivity index (χ2n) is 4.97. The number of rotatable bonds is 4. The average molecular weight is 229 g/mol. The minimum absolute atomic E-state index is 0.0192. The summed E-state index contributed by atoms with van der Waals surface area (Å²) in [6.45, 7) is 8.01. The molecule has 1 rings (SSSR count). The zero-order chi connectivity index (χ0) is 13.0. The van der Waals surface area contributed by atoms with E-state index in [1.807, 2.05) is 45.9 Å². The maximum atomic E-state index is 12.0. The highest BCUT2D eigenvalue weighted by Crippen LogP contribution is 2.22. The summed E-state index contributed by atoms with van der Waals surface area (Å²) >= 11 is 0. The number of nitriles is 1. The molecule has 0 aliphatic carbocycles. The molecule has 0 aliphatic heterocycles. The number of carbonyl (C=O) groups is 1. The third-order valence-electron chi connectivity index (χ3n) is 2.92. The first-order chi connectivity index (χ1) is 7.95. The number of hydrogen-bond donors (Lipinski definition) is 0. The molecule has 0 saturated carbocycles. The predicted molar refractivity (Wildman–Crippen MR) is 68.7 cm³/mol. The lowest BCUT2D eigenvalue weighted by molar-refractivity contribution is -0.120. The van der Waals surface area contributed by atoms with Crippen LogP contribution in [0.4, 0.5) is 0 Å². The highest BCUT2D eigenvalue weighted by molar-refractivity contribution is 5.88. The highest BCUT2D eigenvalue weighted by Gasteiger charge is 2.20. The van der Waals surface area contributed by atoms with Gasteiger partial charge in [-0.15, -0.1) is 0 Å². The molecule has 0 amide bonds. The van der Waals surface area contributed by atoms with Crippen molar-refractivity contribution in [2.45, 2.75) is 40.0 Å². The summed E-state index contributed by atoms with van der Waals surface area (Å²) in [6, 6.07) is 7.92. The van der Waals surface area contributed by atoms with Crippen LogP contribution in [-0.4, -0.2) is 5.78 Å². The van der Waals surface area contributed by atoms with Gasteiger partial charge in [0.15, 0.2) is 5.78 Å². The van der Waals surface area contributed by atoms with Crippen molar-refractivity contribution in [1.29, 1.82) is 5.26 Å². The molecule has 1 aromatic carbocycles. The maximum Gasteiger partial charge on any atom is 0.154 e. The molecule has 0 saturated heterocycles. The quantitative estimate of drug-likeness (QED) is 0.792. The monoisotopic (exact) mass is 229 g/mol. The topological polar surface area (TPSA) is 40.9 Å². The number of nitrogens with zero attached hydrogens (tertiary/aromatic N) is 1. The molecule has 0 fully saturated rings. The SMILES string of the molecule is Cc1ccc(C(C#N)C(=O)CC(C)C)cc1C. The number of hydrogen-bond acceptors (Lipinski definition) is 2. The van der Waals surface area contributed by atoms with Gasteiger partial charge in [-0.3, -0.25) is 4.79 Å². The van der Waals surface area contributed by atoms with E-state index in [9.17, 15) is 4.79 Å². The van der Waals surface area contributed by atoms with E-state index in [0.717, 1.165) is 11.1 Å². The lowest BCUT2D eigenvalue weighted by atomic mass is 9.89. The van der Waals surface area contributed by atoms with Gasteiger partial charge in [0, 0.05) is 6.42 Å². The molecule has 2 nitrogen and oxygen atoms in total. The Morgan fingerprint density at radius 3 is 2.41 bits per heavy atom. The van der Waals surface area contributed by atoms with Crippen molar-refractivity contribution < 1.29 is 4.79 Å². The van der Waals surface area contributed by atoms with Crippen LogP contribution < -0.4 is 0 Å². The number of aryl methyl sites for hydroxylation is 2. The first-order valence-corrected chi connectivity index (χ1v) is 5.95. The smallest absolute Gasteiger partial charge is 0.154 e. The Balaban J connectivity index is 2.98. The van der Waals surface area contributed by atoms with Gasteiger partial charge in [0.25, 0.3) is 0 Å². The Morgan fingerprint density at radius 2 is 1.94 bits per heavy atom. The van der Waals surface area contributed by atoms with E-state index in [1.54, 1.807) is 0 Å². The fourth-order valence-corrected chi connectivity index (χ4v) is 1.80. The van der Waals surface area contributed by atoms with E-state index in [0.29, 0.717) is 12.3 Å². The lowest BCUT2D eigenvalue weighted by Crippen LogP contribution is -2.13. The van der Waals surface area contributed by atoms with Crippen molar-refractivity contribution in [3.8, 4) is 6.07 Å². The normalized spacial score (nSPS) is 12.2. The van der Waals surface area contributed by atoms with Crippen molar-refractivity contribution in [3.63, 3.8) is 0 Å². The first-order valence-electron chi connectivity index (χ1n) is 5.95. The second kappa shape index (κ2) is 5.63. The number of ketones is 1. The Morgan fingerprint density at radius 1 is 1.29 bits per heavy atom. The van der Waals surface area contributed by atoms with Gasteiger partial charge in [-0.2, -0.15) is 5.26 Å². The van der Waals surface area contributed by atoms with E-state index in [4.69, 9.17) is 5.26 Å². The third kappa shape index (κ3) is 3.42. The minimum atomic E-state index is -0.614. The molecule has 0 heterocycles. The van der Waals surface area contributed by atoms with Crippen LogP contribution in [0.25, 0.3) is 0 Å². The standard InChI is InChI=1S/C15H19NO/c1-10(2)7-15(17)14(9-16)13-6-5-11(3)12(4)8-13/h5-6,8,10,14H,7H2,1-4H3. The lowest BCUT2D eigenvalue weighted by Gasteiger charge is -2.12. The molecule has 17 heavy (non-hydrogen) atoms. The van der Waals surface area contributed by atoms with Crippen molar-refractivity contribution >= 4 is 5.78 Å². The molecule has 0 radical (unpaired) electrons.